The highest BCUT2D eigenvalue weighted by Gasteiger charge is 2.41. The van der Waals surface area contributed by atoms with Crippen LogP contribution in [0.25, 0.3) is 0 Å². The van der Waals surface area contributed by atoms with Crippen LogP contribution < -0.4 is 0 Å². The Balaban J connectivity index is 0.000000209. The molecule has 6 rings (SSSR count). The zero-order valence-corrected chi connectivity index (χ0v) is 31.2. The molecule has 4 aliphatic heterocycles. The molecule has 0 aromatic heterocycles. The molecular formula is C38H51BrFN3O6. The van der Waals surface area contributed by atoms with Gasteiger partial charge >= 0.3 is 12.2 Å². The molecule has 0 bridgehead atoms. The predicted octanol–water partition coefficient (Wildman–Crippen LogP) is 8.62. The van der Waals surface area contributed by atoms with Crippen molar-refractivity contribution in [1.29, 1.82) is 5.26 Å². The van der Waals surface area contributed by atoms with Crippen LogP contribution in [0, 0.1) is 11.3 Å². The van der Waals surface area contributed by atoms with E-state index in [1.807, 2.05) is 75.6 Å². The summed E-state index contributed by atoms with van der Waals surface area (Å²) in [5.74, 6) is 0. The largest absolute Gasteiger partial charge is 0.444 e. The van der Waals surface area contributed by atoms with Gasteiger partial charge in [0.15, 0.2) is 0 Å². The summed E-state index contributed by atoms with van der Waals surface area (Å²) in [7, 11) is -1.00. The zero-order chi connectivity index (χ0) is 36.6. The van der Waals surface area contributed by atoms with Gasteiger partial charge in [0.2, 0.25) is 0 Å². The number of carbonyl (C=O) groups is 2. The Labute approximate surface area is 300 Å². The molecule has 0 radical (unpaired) electrons. The highest BCUT2D eigenvalue weighted by Crippen LogP contribution is 2.39. The first-order chi connectivity index (χ1) is 23.7. The van der Waals surface area contributed by atoms with E-state index in [0.717, 1.165) is 60.7 Å². The standard InChI is InChI=1S/C19H24N2O3.C18H24BrNO3.CH3F/c1-19(2,3)24-18(22)21-9-4-5-16(21)17-15-7-6-13(12-20)11-14(15)8-10-23-17;1-18(2,3)23-17(21)20-9-4-5-15(20)16-14-7-6-13(19)11-12(14)8-10-22-16;1-2/h6-7,11,16-17H,4-5,8-10H2,1-3H3;6-7,11,15-16H,4-5,8-10H2,1-3H3;1H3/t16-,17?;15-,16?;/m00./s1/i;;1D. The van der Waals surface area contributed by atoms with Crippen molar-refractivity contribution in [2.24, 2.45) is 0 Å². The topological polar surface area (TPSA) is 101 Å². The van der Waals surface area contributed by atoms with Crippen LogP contribution in [0.1, 0.15) is 109 Å². The number of amides is 2. The molecule has 2 saturated heterocycles. The van der Waals surface area contributed by atoms with E-state index in [2.05, 4.69) is 34.1 Å². The lowest BCUT2D eigenvalue weighted by atomic mass is 9.91. The number of nitriles is 1. The van der Waals surface area contributed by atoms with E-state index in [-0.39, 0.29) is 36.5 Å². The Morgan fingerprint density at radius 2 is 1.31 bits per heavy atom. The van der Waals surface area contributed by atoms with Crippen molar-refractivity contribution >= 4 is 28.1 Å². The molecule has 49 heavy (non-hydrogen) atoms. The molecule has 2 aromatic rings. The smallest absolute Gasteiger partial charge is 0.410 e. The maximum Gasteiger partial charge on any atom is 0.410 e. The molecule has 2 amide bonds. The number of hydrogen-bond donors (Lipinski definition) is 0. The molecule has 4 atom stereocenters. The number of nitrogens with zero attached hydrogens (tertiary/aromatic N) is 3. The number of benzene rings is 2. The average Bonchev–Trinajstić information content (AvgIpc) is 3.74. The second kappa shape index (κ2) is 16.7. The molecule has 0 N–H and O–H groups in total. The van der Waals surface area contributed by atoms with Gasteiger partial charge in [-0.15, -0.1) is 0 Å². The summed E-state index contributed by atoms with van der Waals surface area (Å²) in [5, 5.41) is 9.09. The molecule has 2 fully saturated rings. The van der Waals surface area contributed by atoms with Gasteiger partial charge in [-0.05, 0) is 127 Å². The summed E-state index contributed by atoms with van der Waals surface area (Å²) < 4.78 is 39.8. The van der Waals surface area contributed by atoms with E-state index in [4.69, 9.17) is 25.6 Å². The van der Waals surface area contributed by atoms with Crippen molar-refractivity contribution in [3.8, 4) is 6.07 Å². The van der Waals surface area contributed by atoms with Gasteiger partial charge in [0.25, 0.3) is 0 Å². The van der Waals surface area contributed by atoms with Crippen LogP contribution in [0.15, 0.2) is 40.9 Å². The molecule has 0 spiro atoms. The second-order valence-corrected chi connectivity index (χ2v) is 15.6. The van der Waals surface area contributed by atoms with Gasteiger partial charge in [0, 0.05) is 17.6 Å². The number of fused-ring (bicyclic) bond motifs is 2. The van der Waals surface area contributed by atoms with Crippen LogP contribution in [0.5, 0.6) is 0 Å². The van der Waals surface area contributed by atoms with Gasteiger partial charge in [0.05, 0.1) is 45.5 Å². The van der Waals surface area contributed by atoms with E-state index in [1.165, 1.54) is 11.1 Å². The maximum atomic E-state index is 12.5. The number of halogens is 2. The van der Waals surface area contributed by atoms with Gasteiger partial charge < -0.3 is 28.7 Å². The summed E-state index contributed by atoms with van der Waals surface area (Å²) in [4.78, 5) is 28.7. The monoisotopic (exact) mass is 744 g/mol. The van der Waals surface area contributed by atoms with Crippen LogP contribution >= 0.6 is 15.9 Å². The summed E-state index contributed by atoms with van der Waals surface area (Å²) in [5.41, 5.74) is 4.47. The third-order valence-electron chi connectivity index (χ3n) is 8.88. The number of likely N-dealkylation sites (tertiary alicyclic amines) is 2. The molecule has 2 unspecified atom stereocenters. The average molecular weight is 746 g/mol. The molecule has 4 heterocycles. The molecule has 9 nitrogen and oxygen atoms in total. The molecule has 4 aliphatic rings. The number of alkyl halides is 1. The quantitative estimate of drug-likeness (QED) is 0.304. The molecule has 0 saturated carbocycles. The highest BCUT2D eigenvalue weighted by molar-refractivity contribution is 9.10. The first-order valence-corrected chi connectivity index (χ1v) is 17.8. The van der Waals surface area contributed by atoms with Crippen LogP contribution in [-0.2, 0) is 31.8 Å². The summed E-state index contributed by atoms with van der Waals surface area (Å²) in [6, 6.07) is 14.3. The molecule has 2 aromatic carbocycles. The number of hydrogen-bond acceptors (Lipinski definition) is 7. The van der Waals surface area contributed by atoms with E-state index in [0.29, 0.717) is 25.3 Å². The fourth-order valence-corrected chi connectivity index (χ4v) is 7.36. The highest BCUT2D eigenvalue weighted by atomic mass is 79.9. The van der Waals surface area contributed by atoms with E-state index in [1.54, 1.807) is 0 Å². The van der Waals surface area contributed by atoms with Crippen molar-refractivity contribution in [3.05, 3.63) is 68.7 Å². The minimum absolute atomic E-state index is 0.00756. The Morgan fingerprint density at radius 1 is 0.857 bits per heavy atom. The van der Waals surface area contributed by atoms with Gasteiger partial charge in [-0.2, -0.15) is 5.26 Å². The minimum atomic E-state index is -1.00. The van der Waals surface area contributed by atoms with Gasteiger partial charge in [-0.3, -0.25) is 4.39 Å². The lowest BCUT2D eigenvalue weighted by Gasteiger charge is -2.36. The maximum absolute atomic E-state index is 12.5. The van der Waals surface area contributed by atoms with Crippen LogP contribution in [-0.4, -0.2) is 78.7 Å². The van der Waals surface area contributed by atoms with E-state index >= 15 is 0 Å². The number of carbonyl (C=O) groups excluding carboxylic acids is 2. The SMILES string of the molecule is CC(C)(C)OC(=O)N1CCC[C@H]1C1OCCc2cc(Br)ccc21.CC(C)(C)OC(=O)N1CCC[C@H]1C1OCCc2cc(C#N)ccc21.[2H]CF. The summed E-state index contributed by atoms with van der Waals surface area (Å²) >= 11 is 3.54. The van der Waals surface area contributed by atoms with Crippen LogP contribution in [0.2, 0.25) is 0 Å². The number of rotatable bonds is 2. The molecule has 0 aliphatic carbocycles. The van der Waals surface area contributed by atoms with Crippen molar-refractivity contribution in [2.45, 2.75) is 116 Å². The Hall–Kier alpha value is -3.20. The third kappa shape index (κ3) is 9.95. The minimum Gasteiger partial charge on any atom is -0.444 e. The Bertz CT molecular complexity index is 1520. The molecule has 11 heteroatoms. The first kappa shape index (κ1) is 37.1. The lowest BCUT2D eigenvalue weighted by Crippen LogP contribution is -2.43. The second-order valence-electron chi connectivity index (χ2n) is 14.7. The fraction of sp³-hybridized carbons (Fsp3) is 0.605. The van der Waals surface area contributed by atoms with Crippen molar-refractivity contribution < 1.29 is 34.3 Å². The normalized spacial score (nSPS) is 23.4. The van der Waals surface area contributed by atoms with Crippen LogP contribution in [0.4, 0.5) is 14.0 Å². The summed E-state index contributed by atoms with van der Waals surface area (Å²) in [6.07, 6.45) is 4.85. The third-order valence-corrected chi connectivity index (χ3v) is 9.37. The Morgan fingerprint density at radius 3 is 1.76 bits per heavy atom. The van der Waals surface area contributed by atoms with E-state index in [9.17, 15) is 14.0 Å². The Kier molecular flexibility index (Phi) is 12.6. The van der Waals surface area contributed by atoms with Gasteiger partial charge in [-0.1, -0.05) is 28.1 Å². The fourth-order valence-electron chi connectivity index (χ4n) is 6.95. The summed E-state index contributed by atoms with van der Waals surface area (Å²) in [6.45, 7) is 14.1. The zero-order valence-electron chi connectivity index (χ0n) is 30.6. The van der Waals surface area contributed by atoms with Crippen molar-refractivity contribution in [1.82, 2.24) is 9.80 Å². The predicted molar refractivity (Wildman–Crippen MR) is 189 cm³/mol. The molecule has 268 valence electrons. The van der Waals surface area contributed by atoms with Gasteiger partial charge in [-0.25, -0.2) is 9.59 Å². The molecular weight excluding hydrogens is 693 g/mol. The van der Waals surface area contributed by atoms with E-state index < -0.39 is 18.4 Å². The number of ether oxygens (including phenoxy) is 4. The van der Waals surface area contributed by atoms with Gasteiger partial charge in [0.1, 0.15) is 23.4 Å². The first-order valence-electron chi connectivity index (χ1n) is 17.8. The van der Waals surface area contributed by atoms with Crippen molar-refractivity contribution in [2.75, 3.05) is 33.5 Å². The lowest BCUT2D eigenvalue weighted by molar-refractivity contribution is -0.0267. The van der Waals surface area contributed by atoms with Crippen molar-refractivity contribution in [3.63, 3.8) is 0 Å². The van der Waals surface area contributed by atoms with Crippen LogP contribution in [0.3, 0.4) is 0 Å².